The number of aromatic amines is 1. The number of carbonyl (C=O) groups is 1. The first-order valence-corrected chi connectivity index (χ1v) is 8.39. The third kappa shape index (κ3) is 4.28. The van der Waals surface area contributed by atoms with Gasteiger partial charge in [-0.15, -0.1) is 0 Å². The molecule has 1 aliphatic heterocycles. The van der Waals surface area contributed by atoms with E-state index in [0.717, 1.165) is 12.8 Å². The van der Waals surface area contributed by atoms with Gasteiger partial charge in [0.1, 0.15) is 5.69 Å². The van der Waals surface area contributed by atoms with Gasteiger partial charge in [-0.1, -0.05) is 30.3 Å². The quantitative estimate of drug-likeness (QED) is 0.900. The van der Waals surface area contributed by atoms with Crippen molar-refractivity contribution in [3.63, 3.8) is 0 Å². The molecule has 0 unspecified atom stereocenters. The Labute approximate surface area is 146 Å². The Balaban J connectivity index is 1.61. The molecule has 1 amide bonds. The Morgan fingerprint density at radius 2 is 2.16 bits per heavy atom. The van der Waals surface area contributed by atoms with Crippen molar-refractivity contribution >= 4 is 5.91 Å². The number of amides is 1. The van der Waals surface area contributed by atoms with E-state index in [1.165, 1.54) is 24.9 Å². The number of rotatable bonds is 5. The zero-order chi connectivity index (χ0) is 17.6. The summed E-state index contributed by atoms with van der Waals surface area (Å²) in [7, 11) is 1.42. The highest BCUT2D eigenvalue weighted by atomic mass is 16.5. The minimum Gasteiger partial charge on any atom is -0.491 e. The van der Waals surface area contributed by atoms with Gasteiger partial charge in [0.25, 0.3) is 5.91 Å². The number of nitrogens with zero attached hydrogens (tertiary/aromatic N) is 1. The van der Waals surface area contributed by atoms with Crippen LogP contribution < -0.4 is 10.2 Å². The number of methoxy groups -OCH3 is 1. The number of nitrogens with one attached hydrogen (secondary N) is 1. The average Bonchev–Trinajstić information content (AvgIpc) is 2.67. The van der Waals surface area contributed by atoms with Gasteiger partial charge in [-0.2, -0.15) is 0 Å². The van der Waals surface area contributed by atoms with E-state index >= 15 is 0 Å². The van der Waals surface area contributed by atoms with Crippen molar-refractivity contribution in [2.24, 2.45) is 0 Å². The second-order valence-corrected chi connectivity index (χ2v) is 6.05. The summed E-state index contributed by atoms with van der Waals surface area (Å²) in [4.78, 5) is 29.0. The van der Waals surface area contributed by atoms with Gasteiger partial charge in [-0.25, -0.2) is 0 Å². The molecule has 0 bridgehead atoms. The Morgan fingerprint density at radius 1 is 1.36 bits per heavy atom. The summed E-state index contributed by atoms with van der Waals surface area (Å²) in [6, 6.07) is 11.5. The molecule has 6 heteroatoms. The highest BCUT2D eigenvalue weighted by molar-refractivity contribution is 5.92. The van der Waals surface area contributed by atoms with Crippen LogP contribution in [0.1, 0.15) is 22.5 Å². The van der Waals surface area contributed by atoms with Crippen molar-refractivity contribution in [1.29, 1.82) is 0 Å². The highest BCUT2D eigenvalue weighted by Gasteiger charge is 2.25. The fourth-order valence-corrected chi connectivity index (χ4v) is 2.96. The molecule has 1 N–H and O–H groups in total. The van der Waals surface area contributed by atoms with Crippen molar-refractivity contribution in [2.75, 3.05) is 26.8 Å². The number of hydrogen-bond donors (Lipinski definition) is 1. The van der Waals surface area contributed by atoms with E-state index < -0.39 is 0 Å². The summed E-state index contributed by atoms with van der Waals surface area (Å²) in [5.74, 6) is 0.00651. The SMILES string of the molecule is COc1c[nH]c(C(=O)N2CCO[C@@H](CCc3ccccc3)C2)cc1=O. The normalized spacial score (nSPS) is 17.3. The van der Waals surface area contributed by atoms with Crippen LogP contribution in [-0.2, 0) is 11.2 Å². The van der Waals surface area contributed by atoms with Crippen molar-refractivity contribution in [2.45, 2.75) is 18.9 Å². The van der Waals surface area contributed by atoms with Crippen molar-refractivity contribution < 1.29 is 14.3 Å². The van der Waals surface area contributed by atoms with Crippen LogP contribution >= 0.6 is 0 Å². The molecule has 1 aromatic heterocycles. The third-order valence-corrected chi connectivity index (χ3v) is 4.35. The van der Waals surface area contributed by atoms with E-state index in [1.54, 1.807) is 4.90 Å². The van der Waals surface area contributed by atoms with E-state index in [0.29, 0.717) is 19.7 Å². The standard InChI is InChI=1S/C19H22N2O4/c1-24-18-12-20-16(11-17(18)22)19(23)21-9-10-25-15(13-21)8-7-14-5-3-2-4-6-14/h2-6,11-12,15H,7-10,13H2,1H3,(H,20,22)/t15-/m0/s1. The van der Waals surface area contributed by atoms with E-state index in [9.17, 15) is 9.59 Å². The molecule has 1 atom stereocenters. The second kappa shape index (κ2) is 7.98. The number of pyridine rings is 1. The predicted molar refractivity (Wildman–Crippen MR) is 94.0 cm³/mol. The van der Waals surface area contributed by atoms with Gasteiger partial charge in [0, 0.05) is 25.4 Å². The first-order valence-electron chi connectivity index (χ1n) is 8.39. The van der Waals surface area contributed by atoms with Crippen LogP contribution in [0, 0.1) is 0 Å². The lowest BCUT2D eigenvalue weighted by molar-refractivity contribution is -0.0247. The Hall–Kier alpha value is -2.60. The predicted octanol–water partition coefficient (Wildman–Crippen LogP) is 1.86. The molecule has 2 aromatic rings. The minimum absolute atomic E-state index is 0.00266. The number of carbonyl (C=O) groups excluding carboxylic acids is 1. The minimum atomic E-state index is -0.307. The average molecular weight is 342 g/mol. The summed E-state index contributed by atoms with van der Waals surface area (Å²) in [5, 5.41) is 0. The topological polar surface area (TPSA) is 71.6 Å². The van der Waals surface area contributed by atoms with Gasteiger partial charge in [-0.05, 0) is 18.4 Å². The van der Waals surface area contributed by atoms with Crippen molar-refractivity contribution in [3.05, 3.63) is 64.1 Å². The molecule has 0 aliphatic carbocycles. The number of benzene rings is 1. The first-order chi connectivity index (χ1) is 12.2. The van der Waals surface area contributed by atoms with Gasteiger partial charge in [0.2, 0.25) is 5.43 Å². The molecule has 0 saturated carbocycles. The van der Waals surface area contributed by atoms with E-state index in [4.69, 9.17) is 9.47 Å². The van der Waals surface area contributed by atoms with Crippen LogP contribution in [0.3, 0.4) is 0 Å². The molecule has 6 nitrogen and oxygen atoms in total. The van der Waals surface area contributed by atoms with Gasteiger partial charge in [-0.3, -0.25) is 9.59 Å². The number of aromatic nitrogens is 1. The van der Waals surface area contributed by atoms with Crippen LogP contribution in [-0.4, -0.2) is 48.7 Å². The fourth-order valence-electron chi connectivity index (χ4n) is 2.96. The molecule has 0 radical (unpaired) electrons. The lowest BCUT2D eigenvalue weighted by atomic mass is 10.1. The molecular formula is C19H22N2O4. The smallest absolute Gasteiger partial charge is 0.270 e. The second-order valence-electron chi connectivity index (χ2n) is 6.05. The summed E-state index contributed by atoms with van der Waals surface area (Å²) >= 11 is 0. The van der Waals surface area contributed by atoms with Crippen molar-refractivity contribution in [1.82, 2.24) is 9.88 Å². The molecule has 1 saturated heterocycles. The molecule has 132 valence electrons. The Bertz CT molecular complexity index is 772. The zero-order valence-corrected chi connectivity index (χ0v) is 14.2. The summed E-state index contributed by atoms with van der Waals surface area (Å²) in [6.07, 6.45) is 3.19. The van der Waals surface area contributed by atoms with Crippen LogP contribution in [0.25, 0.3) is 0 Å². The lowest BCUT2D eigenvalue weighted by Gasteiger charge is -2.33. The fraction of sp³-hybridized carbons (Fsp3) is 0.368. The summed E-state index contributed by atoms with van der Waals surface area (Å²) in [5.41, 5.74) is 1.22. The number of aryl methyl sites for hydroxylation is 1. The van der Waals surface area contributed by atoms with Crippen LogP contribution in [0.2, 0.25) is 0 Å². The number of ether oxygens (including phenoxy) is 2. The van der Waals surface area contributed by atoms with Gasteiger partial charge in [0.05, 0.1) is 19.8 Å². The number of H-pyrrole nitrogens is 1. The first kappa shape index (κ1) is 17.2. The lowest BCUT2D eigenvalue weighted by Crippen LogP contribution is -2.46. The maximum absolute atomic E-state index is 12.6. The molecule has 2 heterocycles. The largest absolute Gasteiger partial charge is 0.491 e. The Kier molecular flexibility index (Phi) is 5.50. The van der Waals surface area contributed by atoms with Crippen LogP contribution in [0.4, 0.5) is 0 Å². The number of morpholine rings is 1. The highest BCUT2D eigenvalue weighted by Crippen LogP contribution is 2.14. The molecule has 1 fully saturated rings. The molecule has 25 heavy (non-hydrogen) atoms. The van der Waals surface area contributed by atoms with Gasteiger partial charge in [0.15, 0.2) is 5.75 Å². The summed E-state index contributed by atoms with van der Waals surface area (Å²) < 4.78 is 10.7. The van der Waals surface area contributed by atoms with Gasteiger partial charge >= 0.3 is 0 Å². The zero-order valence-electron chi connectivity index (χ0n) is 14.2. The molecule has 1 aromatic carbocycles. The molecule has 3 rings (SSSR count). The maximum Gasteiger partial charge on any atom is 0.270 e. The molecular weight excluding hydrogens is 320 g/mol. The van der Waals surface area contributed by atoms with Crippen molar-refractivity contribution in [3.8, 4) is 5.75 Å². The monoisotopic (exact) mass is 342 g/mol. The van der Waals surface area contributed by atoms with E-state index in [2.05, 4.69) is 17.1 Å². The van der Waals surface area contributed by atoms with Gasteiger partial charge < -0.3 is 19.4 Å². The van der Waals surface area contributed by atoms with Crippen LogP contribution in [0.15, 0.2) is 47.4 Å². The Morgan fingerprint density at radius 3 is 2.88 bits per heavy atom. The van der Waals surface area contributed by atoms with E-state index in [1.807, 2.05) is 18.2 Å². The van der Waals surface area contributed by atoms with Crippen LogP contribution in [0.5, 0.6) is 5.75 Å². The maximum atomic E-state index is 12.6. The molecule has 0 spiro atoms. The number of hydrogen-bond acceptors (Lipinski definition) is 4. The summed E-state index contributed by atoms with van der Waals surface area (Å²) in [6.45, 7) is 1.56. The van der Waals surface area contributed by atoms with E-state index in [-0.39, 0.29) is 28.9 Å². The third-order valence-electron chi connectivity index (χ3n) is 4.35. The molecule has 1 aliphatic rings.